The first-order valence-electron chi connectivity index (χ1n) is 6.86. The van der Waals surface area contributed by atoms with Crippen LogP contribution in [0.1, 0.15) is 25.7 Å². The van der Waals surface area contributed by atoms with Crippen LogP contribution in [0.5, 0.6) is 0 Å². The SMILES string of the molecule is O=C(C1CCOCC1)N1CCC2(CC1)CNC2. The van der Waals surface area contributed by atoms with Crippen molar-refractivity contribution in [3.8, 4) is 0 Å². The van der Waals surface area contributed by atoms with Crippen LogP contribution in [0.2, 0.25) is 0 Å². The van der Waals surface area contributed by atoms with Gasteiger partial charge in [-0.25, -0.2) is 0 Å². The Hall–Kier alpha value is -0.610. The molecule has 1 amide bonds. The quantitative estimate of drug-likeness (QED) is 0.728. The third-order valence-corrected chi connectivity index (χ3v) is 4.71. The molecule has 3 heterocycles. The van der Waals surface area contributed by atoms with Gasteiger partial charge in [0.1, 0.15) is 0 Å². The summed E-state index contributed by atoms with van der Waals surface area (Å²) in [5.41, 5.74) is 0.534. The highest BCUT2D eigenvalue weighted by Crippen LogP contribution is 2.35. The topological polar surface area (TPSA) is 41.6 Å². The highest BCUT2D eigenvalue weighted by Gasteiger charge is 2.41. The Labute approximate surface area is 103 Å². The van der Waals surface area contributed by atoms with Crippen LogP contribution in [0.4, 0.5) is 0 Å². The molecule has 3 rings (SSSR count). The Balaban J connectivity index is 1.53. The minimum atomic E-state index is 0.234. The van der Waals surface area contributed by atoms with Crippen molar-refractivity contribution in [2.24, 2.45) is 11.3 Å². The average Bonchev–Trinajstić information content (AvgIpc) is 2.37. The van der Waals surface area contributed by atoms with Crippen LogP contribution in [-0.2, 0) is 9.53 Å². The van der Waals surface area contributed by atoms with Crippen molar-refractivity contribution in [3.63, 3.8) is 0 Å². The monoisotopic (exact) mass is 238 g/mol. The molecule has 3 saturated heterocycles. The second-order valence-electron chi connectivity index (χ2n) is 5.82. The first kappa shape index (κ1) is 11.5. The van der Waals surface area contributed by atoms with Crippen LogP contribution in [0.15, 0.2) is 0 Å². The highest BCUT2D eigenvalue weighted by atomic mass is 16.5. The lowest BCUT2D eigenvalue weighted by molar-refractivity contribution is -0.141. The fraction of sp³-hybridized carbons (Fsp3) is 0.923. The number of nitrogens with one attached hydrogen (secondary N) is 1. The molecule has 4 nitrogen and oxygen atoms in total. The zero-order chi connectivity index (χ0) is 11.7. The minimum absolute atomic E-state index is 0.234. The smallest absolute Gasteiger partial charge is 0.225 e. The summed E-state index contributed by atoms with van der Waals surface area (Å²) in [7, 11) is 0. The van der Waals surface area contributed by atoms with Gasteiger partial charge in [-0.05, 0) is 31.1 Å². The third-order valence-electron chi connectivity index (χ3n) is 4.71. The average molecular weight is 238 g/mol. The fourth-order valence-electron chi connectivity index (χ4n) is 3.24. The maximum Gasteiger partial charge on any atom is 0.225 e. The summed E-state index contributed by atoms with van der Waals surface area (Å²) < 4.78 is 5.32. The van der Waals surface area contributed by atoms with Gasteiger partial charge in [0.15, 0.2) is 0 Å². The van der Waals surface area contributed by atoms with E-state index in [2.05, 4.69) is 10.2 Å². The number of likely N-dealkylation sites (tertiary alicyclic amines) is 1. The number of hydrogen-bond donors (Lipinski definition) is 1. The molecule has 0 saturated carbocycles. The van der Waals surface area contributed by atoms with Crippen LogP contribution < -0.4 is 5.32 Å². The van der Waals surface area contributed by atoms with Gasteiger partial charge in [-0.15, -0.1) is 0 Å². The van der Waals surface area contributed by atoms with Crippen molar-refractivity contribution in [3.05, 3.63) is 0 Å². The van der Waals surface area contributed by atoms with Gasteiger partial charge in [-0.3, -0.25) is 4.79 Å². The molecule has 0 aliphatic carbocycles. The van der Waals surface area contributed by atoms with E-state index < -0.39 is 0 Å². The summed E-state index contributed by atoms with van der Waals surface area (Å²) >= 11 is 0. The lowest BCUT2D eigenvalue weighted by Gasteiger charge is -2.48. The molecule has 3 fully saturated rings. The summed E-state index contributed by atoms with van der Waals surface area (Å²) in [4.78, 5) is 14.4. The summed E-state index contributed by atoms with van der Waals surface area (Å²) in [6.07, 6.45) is 4.22. The summed E-state index contributed by atoms with van der Waals surface area (Å²) in [6, 6.07) is 0. The van der Waals surface area contributed by atoms with E-state index in [-0.39, 0.29) is 5.92 Å². The normalized spacial score (nSPS) is 29.1. The Bertz CT molecular complexity index is 286. The largest absolute Gasteiger partial charge is 0.381 e. The number of carbonyl (C=O) groups is 1. The predicted octanol–water partition coefficient (Wildman–Crippen LogP) is 0.625. The molecule has 96 valence electrons. The van der Waals surface area contributed by atoms with Gasteiger partial charge in [0.25, 0.3) is 0 Å². The van der Waals surface area contributed by atoms with E-state index in [0.29, 0.717) is 11.3 Å². The molecular weight excluding hydrogens is 216 g/mol. The minimum Gasteiger partial charge on any atom is -0.381 e. The lowest BCUT2D eigenvalue weighted by atomic mass is 9.73. The lowest BCUT2D eigenvalue weighted by Crippen LogP contribution is -2.59. The van der Waals surface area contributed by atoms with E-state index in [9.17, 15) is 4.79 Å². The van der Waals surface area contributed by atoms with Crippen LogP contribution in [0.25, 0.3) is 0 Å². The first-order chi connectivity index (χ1) is 8.29. The van der Waals surface area contributed by atoms with E-state index in [1.165, 1.54) is 12.8 Å². The maximum atomic E-state index is 12.3. The van der Waals surface area contributed by atoms with Crippen molar-refractivity contribution in [1.82, 2.24) is 10.2 Å². The van der Waals surface area contributed by atoms with Gasteiger partial charge >= 0.3 is 0 Å². The molecule has 0 unspecified atom stereocenters. The van der Waals surface area contributed by atoms with Gasteiger partial charge in [0, 0.05) is 45.3 Å². The molecule has 4 heteroatoms. The van der Waals surface area contributed by atoms with Crippen molar-refractivity contribution in [1.29, 1.82) is 0 Å². The second-order valence-corrected chi connectivity index (χ2v) is 5.82. The summed E-state index contributed by atoms with van der Waals surface area (Å²) in [6.45, 7) is 5.78. The molecule has 0 radical (unpaired) electrons. The number of nitrogens with zero attached hydrogens (tertiary/aromatic N) is 1. The molecule has 0 aromatic carbocycles. The van der Waals surface area contributed by atoms with E-state index in [0.717, 1.165) is 52.2 Å². The predicted molar refractivity (Wildman–Crippen MR) is 64.7 cm³/mol. The van der Waals surface area contributed by atoms with Gasteiger partial charge in [-0.1, -0.05) is 0 Å². The first-order valence-corrected chi connectivity index (χ1v) is 6.86. The molecule has 0 bridgehead atoms. The van der Waals surface area contributed by atoms with Crippen molar-refractivity contribution in [2.45, 2.75) is 25.7 Å². The van der Waals surface area contributed by atoms with Crippen molar-refractivity contribution < 1.29 is 9.53 Å². The number of piperidine rings is 1. The van der Waals surface area contributed by atoms with Gasteiger partial charge in [0.2, 0.25) is 5.91 Å². The maximum absolute atomic E-state index is 12.3. The second kappa shape index (κ2) is 4.58. The highest BCUT2D eigenvalue weighted by molar-refractivity contribution is 5.79. The molecule has 17 heavy (non-hydrogen) atoms. The number of amides is 1. The molecule has 3 aliphatic rings. The molecule has 3 aliphatic heterocycles. The van der Waals surface area contributed by atoms with E-state index >= 15 is 0 Å². The van der Waals surface area contributed by atoms with Gasteiger partial charge in [0.05, 0.1) is 0 Å². The fourth-order valence-corrected chi connectivity index (χ4v) is 3.24. The van der Waals surface area contributed by atoms with Gasteiger partial charge in [-0.2, -0.15) is 0 Å². The summed E-state index contributed by atoms with van der Waals surface area (Å²) in [5.74, 6) is 0.618. The third kappa shape index (κ3) is 2.20. The van der Waals surface area contributed by atoms with E-state index in [1.807, 2.05) is 0 Å². The molecule has 1 spiro atoms. The van der Waals surface area contributed by atoms with Crippen molar-refractivity contribution in [2.75, 3.05) is 39.4 Å². The molecule has 0 aromatic heterocycles. The van der Waals surface area contributed by atoms with Gasteiger partial charge < -0.3 is 15.0 Å². The number of carbonyl (C=O) groups excluding carboxylic acids is 1. The Morgan fingerprint density at radius 2 is 1.82 bits per heavy atom. The summed E-state index contributed by atoms with van der Waals surface area (Å²) in [5, 5.41) is 3.36. The number of ether oxygens (including phenoxy) is 1. The van der Waals surface area contributed by atoms with Crippen LogP contribution in [0, 0.1) is 11.3 Å². The Kier molecular flexibility index (Phi) is 3.09. The van der Waals surface area contributed by atoms with Crippen LogP contribution >= 0.6 is 0 Å². The standard InChI is InChI=1S/C13H22N2O2/c16-12(11-1-7-17-8-2-11)15-5-3-13(4-6-15)9-14-10-13/h11,14H,1-10H2. The molecule has 0 atom stereocenters. The zero-order valence-electron chi connectivity index (χ0n) is 10.4. The van der Waals surface area contributed by atoms with E-state index in [4.69, 9.17) is 4.74 Å². The van der Waals surface area contributed by atoms with Crippen molar-refractivity contribution >= 4 is 5.91 Å². The zero-order valence-corrected chi connectivity index (χ0v) is 10.4. The van der Waals surface area contributed by atoms with Crippen LogP contribution in [0.3, 0.4) is 0 Å². The Morgan fingerprint density at radius 3 is 2.35 bits per heavy atom. The Morgan fingerprint density at radius 1 is 1.18 bits per heavy atom. The number of rotatable bonds is 1. The van der Waals surface area contributed by atoms with E-state index in [1.54, 1.807) is 0 Å². The van der Waals surface area contributed by atoms with Crippen LogP contribution in [-0.4, -0.2) is 50.2 Å². The number of hydrogen-bond acceptors (Lipinski definition) is 3. The molecule has 0 aromatic rings. The molecule has 1 N–H and O–H groups in total. The molecular formula is C13H22N2O2.